The number of amides is 1. The van der Waals surface area contributed by atoms with E-state index in [1.165, 1.54) is 0 Å². The van der Waals surface area contributed by atoms with Gasteiger partial charge in [0.15, 0.2) is 0 Å². The first-order chi connectivity index (χ1) is 7.63. The van der Waals surface area contributed by atoms with Gasteiger partial charge >= 0.3 is 11.9 Å². The molecule has 5 heteroatoms. The Bertz CT molecular complexity index is 348. The zero-order chi connectivity index (χ0) is 12.0. The molecule has 1 N–H and O–H groups in total. The lowest BCUT2D eigenvalue weighted by atomic mass is 10.1. The van der Waals surface area contributed by atoms with Crippen LogP contribution in [0.2, 0.25) is 0 Å². The van der Waals surface area contributed by atoms with E-state index in [1.807, 2.05) is 23.8 Å². The molecule has 1 heterocycles. The summed E-state index contributed by atoms with van der Waals surface area (Å²) in [6.45, 7) is 3.74. The molecule has 0 spiro atoms. The van der Waals surface area contributed by atoms with Crippen molar-refractivity contribution in [2.45, 2.75) is 26.3 Å². The van der Waals surface area contributed by atoms with E-state index in [-0.39, 0.29) is 12.6 Å². The van der Waals surface area contributed by atoms with Gasteiger partial charge in [-0.15, -0.1) is 0 Å². The molecule has 0 radical (unpaired) electrons. The Labute approximate surface area is 98.6 Å². The molecule has 1 amide bonds. The van der Waals surface area contributed by atoms with E-state index >= 15 is 0 Å². The highest BCUT2D eigenvalue weighted by molar-refractivity contribution is 7.07. The standard InChI is InChI=1S/C11H15NO3S/c1-3-15-11(14)10(13)12-8(2)6-9-4-5-16-7-9/h4-5,7-8H,3,6H2,1-2H3,(H,12,13). The first-order valence-corrected chi connectivity index (χ1v) is 6.06. The highest BCUT2D eigenvalue weighted by Gasteiger charge is 2.17. The Morgan fingerprint density at radius 1 is 1.56 bits per heavy atom. The lowest BCUT2D eigenvalue weighted by Crippen LogP contribution is -2.39. The molecule has 0 aliphatic rings. The van der Waals surface area contributed by atoms with Crippen molar-refractivity contribution in [1.82, 2.24) is 5.32 Å². The summed E-state index contributed by atoms with van der Waals surface area (Å²) in [5, 5.41) is 6.60. The fourth-order valence-corrected chi connectivity index (χ4v) is 1.97. The number of esters is 1. The van der Waals surface area contributed by atoms with Crippen LogP contribution in [0.15, 0.2) is 16.8 Å². The zero-order valence-electron chi connectivity index (χ0n) is 9.36. The van der Waals surface area contributed by atoms with E-state index in [9.17, 15) is 9.59 Å². The molecular formula is C11H15NO3S. The Morgan fingerprint density at radius 3 is 2.88 bits per heavy atom. The van der Waals surface area contributed by atoms with Gasteiger partial charge in [-0.2, -0.15) is 11.3 Å². The Kier molecular flexibility index (Phi) is 4.98. The van der Waals surface area contributed by atoms with Crippen molar-refractivity contribution in [3.63, 3.8) is 0 Å². The van der Waals surface area contributed by atoms with Crippen LogP contribution in [0.3, 0.4) is 0 Å². The van der Waals surface area contributed by atoms with Crippen molar-refractivity contribution < 1.29 is 14.3 Å². The largest absolute Gasteiger partial charge is 0.459 e. The summed E-state index contributed by atoms with van der Waals surface area (Å²) < 4.78 is 4.59. The Balaban J connectivity index is 2.36. The number of carbonyl (C=O) groups is 2. The average molecular weight is 241 g/mol. The minimum absolute atomic E-state index is 0.0773. The third-order valence-corrected chi connectivity index (χ3v) is 2.69. The Hall–Kier alpha value is -1.36. The molecule has 88 valence electrons. The lowest BCUT2D eigenvalue weighted by Gasteiger charge is -2.12. The molecule has 0 aliphatic heterocycles. The molecule has 0 saturated carbocycles. The van der Waals surface area contributed by atoms with Gasteiger partial charge in [0.2, 0.25) is 0 Å². The monoisotopic (exact) mass is 241 g/mol. The molecule has 1 atom stereocenters. The van der Waals surface area contributed by atoms with Gasteiger partial charge in [0.25, 0.3) is 0 Å². The third-order valence-electron chi connectivity index (χ3n) is 1.96. The Morgan fingerprint density at radius 2 is 2.31 bits per heavy atom. The van der Waals surface area contributed by atoms with Crippen LogP contribution in [0.4, 0.5) is 0 Å². The highest BCUT2D eigenvalue weighted by Crippen LogP contribution is 2.08. The number of thiophene rings is 1. The number of hydrogen-bond donors (Lipinski definition) is 1. The number of hydrogen-bond acceptors (Lipinski definition) is 4. The van der Waals surface area contributed by atoms with Gasteiger partial charge in [-0.25, -0.2) is 4.79 Å². The number of carbonyl (C=O) groups excluding carboxylic acids is 2. The van der Waals surface area contributed by atoms with Crippen LogP contribution in [0.5, 0.6) is 0 Å². The summed E-state index contributed by atoms with van der Waals surface area (Å²) in [6.07, 6.45) is 0.717. The molecule has 1 unspecified atom stereocenters. The summed E-state index contributed by atoms with van der Waals surface area (Å²) in [4.78, 5) is 22.3. The maximum Gasteiger partial charge on any atom is 0.396 e. The van der Waals surface area contributed by atoms with Crippen LogP contribution >= 0.6 is 11.3 Å². The van der Waals surface area contributed by atoms with Gasteiger partial charge in [0.1, 0.15) is 0 Å². The van der Waals surface area contributed by atoms with Crippen LogP contribution in [0.1, 0.15) is 19.4 Å². The molecule has 1 rings (SSSR count). The van der Waals surface area contributed by atoms with Gasteiger partial charge in [0, 0.05) is 6.04 Å². The average Bonchev–Trinajstić information content (AvgIpc) is 2.70. The van der Waals surface area contributed by atoms with Gasteiger partial charge < -0.3 is 10.1 Å². The van der Waals surface area contributed by atoms with Crippen molar-refractivity contribution in [1.29, 1.82) is 0 Å². The van der Waals surface area contributed by atoms with Crippen molar-refractivity contribution >= 4 is 23.2 Å². The molecule has 1 aromatic heterocycles. The topological polar surface area (TPSA) is 55.4 Å². The lowest BCUT2D eigenvalue weighted by molar-refractivity contribution is -0.154. The van der Waals surface area contributed by atoms with Gasteiger partial charge in [-0.1, -0.05) is 0 Å². The summed E-state index contributed by atoms with van der Waals surface area (Å²) in [5.41, 5.74) is 1.15. The van der Waals surface area contributed by atoms with Crippen molar-refractivity contribution in [2.75, 3.05) is 6.61 Å². The van der Waals surface area contributed by atoms with Crippen LogP contribution in [-0.2, 0) is 20.7 Å². The number of nitrogens with one attached hydrogen (secondary N) is 1. The van der Waals surface area contributed by atoms with Crippen molar-refractivity contribution in [3.05, 3.63) is 22.4 Å². The SMILES string of the molecule is CCOC(=O)C(=O)NC(C)Cc1ccsc1. The first kappa shape index (κ1) is 12.7. The summed E-state index contributed by atoms with van der Waals surface area (Å²) in [6, 6.07) is 1.92. The fraction of sp³-hybridized carbons (Fsp3) is 0.455. The number of ether oxygens (including phenoxy) is 1. The van der Waals surface area contributed by atoms with Crippen LogP contribution < -0.4 is 5.32 Å². The van der Waals surface area contributed by atoms with Gasteiger partial charge in [0.05, 0.1) is 6.61 Å². The molecule has 0 saturated heterocycles. The van der Waals surface area contributed by atoms with E-state index in [0.29, 0.717) is 6.42 Å². The van der Waals surface area contributed by atoms with Crippen molar-refractivity contribution in [3.8, 4) is 0 Å². The minimum Gasteiger partial charge on any atom is -0.459 e. The molecule has 4 nitrogen and oxygen atoms in total. The second kappa shape index (κ2) is 6.27. The van der Waals surface area contributed by atoms with E-state index in [1.54, 1.807) is 18.3 Å². The molecule has 0 bridgehead atoms. The maximum atomic E-state index is 11.3. The fourth-order valence-electron chi connectivity index (χ4n) is 1.29. The second-order valence-corrected chi connectivity index (χ2v) is 4.21. The molecular weight excluding hydrogens is 226 g/mol. The second-order valence-electron chi connectivity index (χ2n) is 3.43. The third kappa shape index (κ3) is 4.02. The van der Waals surface area contributed by atoms with E-state index in [4.69, 9.17) is 0 Å². The molecule has 1 aromatic rings. The van der Waals surface area contributed by atoms with E-state index in [2.05, 4.69) is 10.1 Å². The molecule has 16 heavy (non-hydrogen) atoms. The minimum atomic E-state index is -0.820. The summed E-state index contributed by atoms with van der Waals surface area (Å²) in [7, 11) is 0. The smallest absolute Gasteiger partial charge is 0.396 e. The summed E-state index contributed by atoms with van der Waals surface area (Å²) in [5.74, 6) is -1.50. The van der Waals surface area contributed by atoms with Crippen LogP contribution in [0, 0.1) is 0 Å². The normalized spacial score (nSPS) is 11.9. The predicted molar refractivity (Wildman–Crippen MR) is 62.3 cm³/mol. The quantitative estimate of drug-likeness (QED) is 0.639. The van der Waals surface area contributed by atoms with E-state index < -0.39 is 11.9 Å². The maximum absolute atomic E-state index is 11.3. The zero-order valence-corrected chi connectivity index (χ0v) is 10.2. The van der Waals surface area contributed by atoms with E-state index in [0.717, 1.165) is 5.56 Å². The van der Waals surface area contributed by atoms with Crippen molar-refractivity contribution in [2.24, 2.45) is 0 Å². The van der Waals surface area contributed by atoms with Crippen LogP contribution in [-0.4, -0.2) is 24.5 Å². The molecule has 0 aromatic carbocycles. The van der Waals surface area contributed by atoms with Gasteiger partial charge in [-0.05, 0) is 42.7 Å². The molecule has 0 fully saturated rings. The molecule has 0 aliphatic carbocycles. The first-order valence-electron chi connectivity index (χ1n) is 5.12. The number of rotatable bonds is 4. The highest BCUT2D eigenvalue weighted by atomic mass is 32.1. The predicted octanol–water partition coefficient (Wildman–Crippen LogP) is 1.36. The van der Waals surface area contributed by atoms with Gasteiger partial charge in [-0.3, -0.25) is 4.79 Å². The summed E-state index contributed by atoms with van der Waals surface area (Å²) >= 11 is 1.61. The van der Waals surface area contributed by atoms with Crippen LogP contribution in [0.25, 0.3) is 0 Å².